The van der Waals surface area contributed by atoms with Crippen molar-refractivity contribution in [1.82, 2.24) is 0 Å². The molecule has 1 heteroatoms. The molecule has 0 bridgehead atoms. The van der Waals surface area contributed by atoms with E-state index in [1.165, 1.54) is 33.4 Å². The van der Waals surface area contributed by atoms with Gasteiger partial charge in [0.25, 0.3) is 0 Å². The Kier molecular flexibility index (Phi) is 6.64. The second kappa shape index (κ2) is 14.5. The van der Waals surface area contributed by atoms with Gasteiger partial charge >= 0.3 is 0 Å². The Morgan fingerprint density at radius 1 is 0.288 bits per heavy atom. The van der Waals surface area contributed by atoms with Crippen LogP contribution in [0.2, 0.25) is 0 Å². The highest BCUT2D eigenvalue weighted by Gasteiger charge is 2.52. The minimum Gasteiger partial charge on any atom is -0.309 e. The first-order valence-corrected chi connectivity index (χ1v) is 22.7. The van der Waals surface area contributed by atoms with Gasteiger partial charge < -0.3 is 4.90 Å². The fraction of sp³-hybridized carbons (Fsp3) is 0.0769. The number of benzene rings is 10. The summed E-state index contributed by atoms with van der Waals surface area (Å²) in [5.74, 6) is 0. The van der Waals surface area contributed by atoms with E-state index in [-0.39, 0.29) is 0 Å². The zero-order valence-electron chi connectivity index (χ0n) is 43.8. The van der Waals surface area contributed by atoms with Crippen molar-refractivity contribution >= 4 is 17.1 Å². The van der Waals surface area contributed by atoms with Crippen LogP contribution >= 0.6 is 0 Å². The van der Waals surface area contributed by atoms with E-state index >= 15 is 0 Å². The second-order valence-corrected chi connectivity index (χ2v) is 17.6. The molecule has 66 heavy (non-hydrogen) atoms. The van der Waals surface area contributed by atoms with Crippen LogP contribution in [0, 0.1) is 0 Å². The molecule has 0 amide bonds. The molecule has 0 unspecified atom stereocenters. The number of hydrogen-bond donors (Lipinski definition) is 0. The molecule has 1 nitrogen and oxygen atoms in total. The monoisotopic (exact) mass is 847 g/mol. The van der Waals surface area contributed by atoms with Crippen LogP contribution in [0.15, 0.2) is 224 Å². The number of hydrogen-bond acceptors (Lipinski definition) is 1. The maximum atomic E-state index is 8.69. The molecular weight excluding hydrogens is 795 g/mol. The summed E-state index contributed by atoms with van der Waals surface area (Å²) in [7, 11) is 0. The Morgan fingerprint density at radius 2 is 0.697 bits per heavy atom. The minimum absolute atomic E-state index is 0.365. The van der Waals surface area contributed by atoms with Gasteiger partial charge in [0.2, 0.25) is 0 Å². The summed E-state index contributed by atoms with van der Waals surface area (Å²) in [6, 6.07) is 77.5. The maximum Gasteiger partial charge on any atom is 0.0726 e. The Hall–Kier alpha value is -8.00. The van der Waals surface area contributed by atoms with Gasteiger partial charge in [0, 0.05) is 27.7 Å². The fourth-order valence-electron chi connectivity index (χ4n) is 11.2. The van der Waals surface area contributed by atoms with E-state index in [4.69, 9.17) is 11.0 Å². The standard InChI is InChI=1S/C65H45N/c1-3-14-44(15-4-1)55-40-50(48-32-28-42-26-30-46(42)38-48)34-36-61(55)66(62-37-35-51(41-56(62)45-16-5-2-6-17-45)49-33-29-43-27-31-47(43)39-49)63-25-13-24-60-64(63)54-20-9-12-23-59(54)65(60)57-21-10-7-18-52(57)53-19-8-11-22-58(53)65/h1-25,28-29,32-41H,26-27,30-31H2/i26D2,27D2,30D2,31D2. The van der Waals surface area contributed by atoms with Crippen LogP contribution in [0.3, 0.4) is 0 Å². The van der Waals surface area contributed by atoms with Crippen LogP contribution in [-0.2, 0) is 30.9 Å². The van der Waals surface area contributed by atoms with Crippen molar-refractivity contribution in [3.05, 3.63) is 269 Å². The number of anilines is 3. The van der Waals surface area contributed by atoms with Crippen molar-refractivity contribution in [2.75, 3.05) is 4.90 Å². The first-order chi connectivity index (χ1) is 35.7. The second-order valence-electron chi connectivity index (χ2n) is 17.6. The zero-order chi connectivity index (χ0) is 50.5. The molecule has 0 saturated carbocycles. The zero-order valence-corrected chi connectivity index (χ0v) is 35.8. The fourth-order valence-corrected chi connectivity index (χ4v) is 11.2. The molecular formula is C65H45N. The Bertz CT molecular complexity index is 3790. The first kappa shape index (κ1) is 30.2. The van der Waals surface area contributed by atoms with Gasteiger partial charge in [0.1, 0.15) is 0 Å². The van der Waals surface area contributed by atoms with Gasteiger partial charge in [0.05, 0.1) is 22.5 Å². The summed E-state index contributed by atoms with van der Waals surface area (Å²) < 4.78 is 68.7. The van der Waals surface area contributed by atoms with E-state index in [0.29, 0.717) is 22.3 Å². The van der Waals surface area contributed by atoms with Crippen molar-refractivity contribution in [3.63, 3.8) is 0 Å². The maximum absolute atomic E-state index is 8.69. The number of nitrogens with zero attached hydrogens (tertiary/aromatic N) is 1. The highest BCUT2D eigenvalue weighted by molar-refractivity contribution is 6.04. The molecule has 0 atom stereocenters. The lowest BCUT2D eigenvalue weighted by atomic mass is 9.70. The first-order valence-electron chi connectivity index (χ1n) is 26.7. The summed E-state index contributed by atoms with van der Waals surface area (Å²) in [5, 5.41) is 0. The lowest BCUT2D eigenvalue weighted by Gasteiger charge is -2.33. The molecule has 310 valence electrons. The van der Waals surface area contributed by atoms with Gasteiger partial charge in [-0.3, -0.25) is 0 Å². The van der Waals surface area contributed by atoms with Crippen LogP contribution in [0.5, 0.6) is 0 Å². The average molecular weight is 848 g/mol. The lowest BCUT2D eigenvalue weighted by Crippen LogP contribution is -2.26. The molecule has 1 spiro atoms. The molecule has 0 aliphatic heterocycles. The smallest absolute Gasteiger partial charge is 0.0726 e. The van der Waals surface area contributed by atoms with E-state index in [9.17, 15) is 0 Å². The van der Waals surface area contributed by atoms with Gasteiger partial charge in [-0.1, -0.05) is 194 Å². The van der Waals surface area contributed by atoms with Gasteiger partial charge in [-0.2, -0.15) is 0 Å². The number of aryl methyl sites for hydroxylation is 4. The lowest BCUT2D eigenvalue weighted by molar-refractivity contribution is 0.794. The summed E-state index contributed by atoms with van der Waals surface area (Å²) in [6.45, 7) is 0. The Balaban J connectivity index is 1.06. The van der Waals surface area contributed by atoms with Crippen LogP contribution in [0.1, 0.15) is 55.5 Å². The number of fused-ring (bicyclic) bond motifs is 12. The van der Waals surface area contributed by atoms with Gasteiger partial charge in [-0.25, -0.2) is 0 Å². The van der Waals surface area contributed by atoms with Crippen molar-refractivity contribution in [2.45, 2.75) is 30.9 Å². The molecule has 0 radical (unpaired) electrons. The third-order valence-electron chi connectivity index (χ3n) is 14.3. The molecule has 10 aromatic rings. The summed E-state index contributed by atoms with van der Waals surface area (Å²) in [5.41, 5.74) is 20.3. The van der Waals surface area contributed by atoms with Crippen LogP contribution in [0.4, 0.5) is 17.1 Å². The van der Waals surface area contributed by atoms with E-state index in [1.54, 1.807) is 24.3 Å². The third-order valence-corrected chi connectivity index (χ3v) is 14.3. The molecule has 0 fully saturated rings. The van der Waals surface area contributed by atoms with E-state index < -0.39 is 30.9 Å². The highest BCUT2D eigenvalue weighted by Crippen LogP contribution is 2.65. The van der Waals surface area contributed by atoms with E-state index in [1.807, 2.05) is 48.5 Å². The molecule has 0 aromatic heterocycles. The number of rotatable bonds is 7. The molecule has 10 aromatic carbocycles. The normalized spacial score (nSPS) is 18.8. The molecule has 0 heterocycles. The average Bonchev–Trinajstić information content (AvgIpc) is 3.92. The molecule has 14 rings (SSSR count). The predicted octanol–water partition coefficient (Wildman–Crippen LogP) is 16.4. The highest BCUT2D eigenvalue weighted by atomic mass is 15.2. The minimum atomic E-state index is -2.13. The van der Waals surface area contributed by atoms with Gasteiger partial charge in [-0.15, -0.1) is 0 Å². The van der Waals surface area contributed by atoms with Crippen molar-refractivity contribution in [3.8, 4) is 66.8 Å². The topological polar surface area (TPSA) is 3.24 Å². The summed E-state index contributed by atoms with van der Waals surface area (Å²) >= 11 is 0. The molecule has 0 saturated heterocycles. The van der Waals surface area contributed by atoms with E-state index in [0.717, 1.165) is 72.7 Å². The molecule has 4 aliphatic rings. The van der Waals surface area contributed by atoms with Crippen molar-refractivity contribution < 1.29 is 11.0 Å². The van der Waals surface area contributed by atoms with Crippen LogP contribution in [-0.4, -0.2) is 0 Å². The molecule has 0 N–H and O–H groups in total. The Labute approximate surface area is 398 Å². The van der Waals surface area contributed by atoms with Gasteiger partial charge in [0.15, 0.2) is 0 Å². The third kappa shape index (κ3) is 5.41. The van der Waals surface area contributed by atoms with E-state index in [2.05, 4.69) is 157 Å². The van der Waals surface area contributed by atoms with Crippen LogP contribution < -0.4 is 4.90 Å². The predicted molar refractivity (Wildman–Crippen MR) is 274 cm³/mol. The largest absolute Gasteiger partial charge is 0.309 e. The van der Waals surface area contributed by atoms with Crippen molar-refractivity contribution in [1.29, 1.82) is 0 Å². The van der Waals surface area contributed by atoms with Crippen LogP contribution in [0.25, 0.3) is 66.8 Å². The summed E-state index contributed by atoms with van der Waals surface area (Å²) in [4.78, 5) is 2.40. The van der Waals surface area contributed by atoms with Gasteiger partial charge in [-0.05, 0) is 150 Å². The summed E-state index contributed by atoms with van der Waals surface area (Å²) in [6.07, 6.45) is -8.40. The Morgan fingerprint density at radius 3 is 1.23 bits per heavy atom. The quantitative estimate of drug-likeness (QED) is 0.154. The SMILES string of the molecule is [2H]C1([2H])c2ccc(-c3ccc(N(c4ccc(-c5ccc6c(c5)C([2H])([2H])C6([2H])[2H])cc4-c4ccccc4)c4cccc5c4-c4ccccc4C54c5ccccc5-c5ccccc54)c(-c4ccccc4)c3)cc2C1([2H])[2H]. The van der Waals surface area contributed by atoms with Crippen molar-refractivity contribution in [2.24, 2.45) is 0 Å². The molecule has 4 aliphatic carbocycles.